The Labute approximate surface area is 164 Å². The highest BCUT2D eigenvalue weighted by Gasteiger charge is 2.38. The van der Waals surface area contributed by atoms with E-state index >= 15 is 0 Å². The van der Waals surface area contributed by atoms with Crippen LogP contribution >= 0.6 is 0 Å². The number of carbonyl (C=O) groups excluding carboxylic acids is 3. The fraction of sp³-hybridized carbons (Fsp3) is 0.250. The van der Waals surface area contributed by atoms with Crippen LogP contribution in [0, 0.1) is 0 Å². The second-order valence-corrected chi connectivity index (χ2v) is 6.58. The highest BCUT2D eigenvalue weighted by Crippen LogP contribution is 2.30. The minimum atomic E-state index is -4.54. The number of amides is 4. The molecule has 1 heterocycles. The van der Waals surface area contributed by atoms with E-state index in [1.54, 1.807) is 0 Å². The van der Waals surface area contributed by atoms with Crippen LogP contribution in [-0.4, -0.2) is 35.3 Å². The fourth-order valence-corrected chi connectivity index (χ4v) is 3.00. The van der Waals surface area contributed by atoms with Crippen LogP contribution in [-0.2, 0) is 22.2 Å². The summed E-state index contributed by atoms with van der Waals surface area (Å²) in [6, 6.07) is 12.1. The number of rotatable bonds is 6. The van der Waals surface area contributed by atoms with Gasteiger partial charge in [0, 0.05) is 5.69 Å². The molecule has 1 aliphatic rings. The van der Waals surface area contributed by atoms with Crippen LogP contribution in [0.2, 0.25) is 0 Å². The monoisotopic (exact) mass is 405 g/mol. The number of nitrogens with zero attached hydrogens (tertiary/aromatic N) is 1. The first-order valence-electron chi connectivity index (χ1n) is 8.87. The van der Waals surface area contributed by atoms with Gasteiger partial charge in [-0.15, -0.1) is 0 Å². The first-order valence-corrected chi connectivity index (χ1v) is 8.87. The average Bonchev–Trinajstić information content (AvgIpc) is 2.94. The van der Waals surface area contributed by atoms with Crippen molar-refractivity contribution in [2.45, 2.75) is 25.1 Å². The normalized spacial score (nSPS) is 16.7. The van der Waals surface area contributed by atoms with Crippen molar-refractivity contribution in [2.24, 2.45) is 0 Å². The number of hydrogen-bond acceptors (Lipinski definition) is 3. The van der Waals surface area contributed by atoms with Gasteiger partial charge in [0.2, 0.25) is 5.91 Å². The minimum absolute atomic E-state index is 0.0718. The molecule has 0 bridgehead atoms. The van der Waals surface area contributed by atoms with Crippen LogP contribution in [0.3, 0.4) is 0 Å². The van der Waals surface area contributed by atoms with Gasteiger partial charge < -0.3 is 10.6 Å². The number of halogens is 3. The molecule has 0 unspecified atom stereocenters. The van der Waals surface area contributed by atoms with Crippen molar-refractivity contribution in [1.82, 2.24) is 10.2 Å². The van der Waals surface area contributed by atoms with Crippen molar-refractivity contribution in [3.63, 3.8) is 0 Å². The summed E-state index contributed by atoms with van der Waals surface area (Å²) in [6.07, 6.45) is -3.60. The Morgan fingerprint density at radius 1 is 1.07 bits per heavy atom. The Hall–Kier alpha value is -3.36. The summed E-state index contributed by atoms with van der Waals surface area (Å²) < 4.78 is 38.3. The summed E-state index contributed by atoms with van der Waals surface area (Å²) in [4.78, 5) is 37.4. The van der Waals surface area contributed by atoms with Gasteiger partial charge in [-0.2, -0.15) is 13.2 Å². The Morgan fingerprint density at radius 3 is 2.48 bits per heavy atom. The Bertz CT molecular complexity index is 916. The van der Waals surface area contributed by atoms with E-state index in [1.165, 1.54) is 6.07 Å². The van der Waals surface area contributed by atoms with Gasteiger partial charge in [0.25, 0.3) is 5.91 Å². The third-order valence-corrected chi connectivity index (χ3v) is 4.45. The second-order valence-electron chi connectivity index (χ2n) is 6.58. The molecule has 0 radical (unpaired) electrons. The second kappa shape index (κ2) is 8.34. The molecule has 1 aliphatic heterocycles. The standard InChI is InChI=1S/C20H18F3N3O3/c21-20(22,23)14-7-4-8-15(11-14)24-17(27)12-26-18(28)16(25-19(26)29)10-9-13-5-2-1-3-6-13/h1-8,11,16H,9-10,12H2,(H,24,27)(H,25,29)/t16-/m1/s1. The van der Waals surface area contributed by atoms with E-state index in [-0.39, 0.29) is 5.69 Å². The van der Waals surface area contributed by atoms with Crippen molar-refractivity contribution in [3.05, 3.63) is 65.7 Å². The highest BCUT2D eigenvalue weighted by atomic mass is 19.4. The number of anilines is 1. The molecule has 3 rings (SSSR count). The number of nitrogens with one attached hydrogen (secondary N) is 2. The van der Waals surface area contributed by atoms with Crippen LogP contribution < -0.4 is 10.6 Å². The lowest BCUT2D eigenvalue weighted by molar-refractivity contribution is -0.137. The van der Waals surface area contributed by atoms with Crippen molar-refractivity contribution < 1.29 is 27.6 Å². The van der Waals surface area contributed by atoms with Gasteiger partial charge in [0.1, 0.15) is 12.6 Å². The number of alkyl halides is 3. The highest BCUT2D eigenvalue weighted by molar-refractivity contribution is 6.07. The molecule has 2 N–H and O–H groups in total. The molecule has 9 heteroatoms. The molecule has 2 aromatic carbocycles. The number of hydrogen-bond donors (Lipinski definition) is 2. The molecule has 0 saturated carbocycles. The zero-order valence-electron chi connectivity index (χ0n) is 15.2. The number of imide groups is 1. The van der Waals surface area contributed by atoms with Crippen molar-refractivity contribution in [1.29, 1.82) is 0 Å². The summed E-state index contributed by atoms with van der Waals surface area (Å²) in [5.41, 5.74) is 0.0269. The van der Waals surface area contributed by atoms with Crippen LogP contribution in [0.1, 0.15) is 17.5 Å². The van der Waals surface area contributed by atoms with E-state index in [0.717, 1.165) is 28.7 Å². The fourth-order valence-electron chi connectivity index (χ4n) is 3.00. The summed E-state index contributed by atoms with van der Waals surface area (Å²) in [5.74, 6) is -1.30. The Balaban J connectivity index is 1.57. The molecule has 0 aliphatic carbocycles. The van der Waals surface area contributed by atoms with Gasteiger partial charge >= 0.3 is 12.2 Å². The molecule has 1 fully saturated rings. The SMILES string of the molecule is O=C(CN1C(=O)N[C@H](CCc2ccccc2)C1=O)Nc1cccc(C(F)(F)F)c1. The average molecular weight is 405 g/mol. The molecule has 0 aromatic heterocycles. The van der Waals surface area contributed by atoms with Crippen LogP contribution in [0.5, 0.6) is 0 Å². The van der Waals surface area contributed by atoms with E-state index in [2.05, 4.69) is 10.6 Å². The molecular formula is C20H18F3N3O3. The maximum atomic E-state index is 12.8. The zero-order chi connectivity index (χ0) is 21.0. The minimum Gasteiger partial charge on any atom is -0.326 e. The third kappa shape index (κ3) is 5.13. The molecule has 2 aromatic rings. The van der Waals surface area contributed by atoms with E-state index in [4.69, 9.17) is 0 Å². The van der Waals surface area contributed by atoms with E-state index in [1.807, 2.05) is 30.3 Å². The van der Waals surface area contributed by atoms with Crippen LogP contribution in [0.25, 0.3) is 0 Å². The predicted octanol–water partition coefficient (Wildman–Crippen LogP) is 3.20. The quantitative estimate of drug-likeness (QED) is 0.725. The molecule has 29 heavy (non-hydrogen) atoms. The molecule has 1 saturated heterocycles. The first-order chi connectivity index (χ1) is 13.7. The van der Waals surface area contributed by atoms with Crippen molar-refractivity contribution in [2.75, 3.05) is 11.9 Å². The van der Waals surface area contributed by atoms with E-state index < -0.39 is 42.2 Å². The summed E-state index contributed by atoms with van der Waals surface area (Å²) in [5, 5.41) is 4.81. The molecule has 0 spiro atoms. The smallest absolute Gasteiger partial charge is 0.326 e. The molecule has 1 atom stereocenters. The number of benzene rings is 2. The van der Waals surface area contributed by atoms with Gasteiger partial charge in [-0.3, -0.25) is 14.5 Å². The van der Waals surface area contributed by atoms with Gasteiger partial charge in [-0.1, -0.05) is 36.4 Å². The maximum absolute atomic E-state index is 12.8. The largest absolute Gasteiger partial charge is 0.416 e. The van der Waals surface area contributed by atoms with Crippen molar-refractivity contribution in [3.8, 4) is 0 Å². The number of carbonyl (C=O) groups is 3. The van der Waals surface area contributed by atoms with Gasteiger partial charge in [0.15, 0.2) is 0 Å². The Morgan fingerprint density at radius 2 is 1.79 bits per heavy atom. The lowest BCUT2D eigenvalue weighted by Gasteiger charge is -2.14. The lowest BCUT2D eigenvalue weighted by atomic mass is 10.1. The van der Waals surface area contributed by atoms with Gasteiger partial charge in [-0.25, -0.2) is 4.79 Å². The summed E-state index contributed by atoms with van der Waals surface area (Å²) in [7, 11) is 0. The van der Waals surface area contributed by atoms with E-state index in [0.29, 0.717) is 12.8 Å². The van der Waals surface area contributed by atoms with Crippen molar-refractivity contribution >= 4 is 23.5 Å². The Kier molecular flexibility index (Phi) is 5.86. The number of urea groups is 1. The molecule has 4 amide bonds. The third-order valence-electron chi connectivity index (χ3n) is 4.45. The van der Waals surface area contributed by atoms with E-state index in [9.17, 15) is 27.6 Å². The van der Waals surface area contributed by atoms with Gasteiger partial charge in [-0.05, 0) is 36.6 Å². The topological polar surface area (TPSA) is 78.5 Å². The number of aryl methyl sites for hydroxylation is 1. The molecular weight excluding hydrogens is 387 g/mol. The predicted molar refractivity (Wildman–Crippen MR) is 98.9 cm³/mol. The first kappa shape index (κ1) is 20.4. The zero-order valence-corrected chi connectivity index (χ0v) is 15.2. The summed E-state index contributed by atoms with van der Waals surface area (Å²) >= 11 is 0. The molecule has 152 valence electrons. The summed E-state index contributed by atoms with van der Waals surface area (Å²) in [6.45, 7) is -0.581. The molecule has 6 nitrogen and oxygen atoms in total. The van der Waals surface area contributed by atoms with Gasteiger partial charge in [0.05, 0.1) is 5.56 Å². The lowest BCUT2D eigenvalue weighted by Crippen LogP contribution is -2.38. The maximum Gasteiger partial charge on any atom is 0.416 e. The van der Waals surface area contributed by atoms with Crippen LogP contribution in [0.15, 0.2) is 54.6 Å². The van der Waals surface area contributed by atoms with Crippen LogP contribution in [0.4, 0.5) is 23.7 Å².